The minimum atomic E-state index is -0.111. The summed E-state index contributed by atoms with van der Waals surface area (Å²) in [6.07, 6.45) is 0.227. The molecule has 0 saturated heterocycles. The zero-order chi connectivity index (χ0) is 14.4. The van der Waals surface area contributed by atoms with Crippen LogP contribution in [0.5, 0.6) is 5.75 Å². The molecule has 0 aliphatic rings. The first-order valence-corrected chi connectivity index (χ1v) is 6.21. The van der Waals surface area contributed by atoms with Gasteiger partial charge in [0.2, 0.25) is 5.91 Å². The molecule has 1 amide bonds. The minimum Gasteiger partial charge on any atom is -0.508 e. The summed E-state index contributed by atoms with van der Waals surface area (Å²) >= 11 is 0. The van der Waals surface area contributed by atoms with Crippen molar-refractivity contribution in [1.29, 1.82) is 5.26 Å². The Kier molecular flexibility index (Phi) is 4.35. The van der Waals surface area contributed by atoms with Crippen LogP contribution in [0.2, 0.25) is 0 Å². The second-order valence-electron chi connectivity index (χ2n) is 4.43. The van der Waals surface area contributed by atoms with Crippen molar-refractivity contribution in [2.24, 2.45) is 0 Å². The van der Waals surface area contributed by atoms with Crippen LogP contribution in [0.4, 0.5) is 0 Å². The first-order valence-electron chi connectivity index (χ1n) is 6.21. The Morgan fingerprint density at radius 2 is 1.90 bits per heavy atom. The number of rotatable bonds is 4. The molecule has 0 unspecified atom stereocenters. The summed E-state index contributed by atoms with van der Waals surface area (Å²) < 4.78 is 0. The molecule has 0 aliphatic carbocycles. The molecule has 0 heterocycles. The van der Waals surface area contributed by atoms with Crippen molar-refractivity contribution < 1.29 is 9.90 Å². The lowest BCUT2D eigenvalue weighted by Crippen LogP contribution is -2.24. The monoisotopic (exact) mass is 266 g/mol. The Balaban J connectivity index is 1.87. The quantitative estimate of drug-likeness (QED) is 0.890. The van der Waals surface area contributed by atoms with Crippen LogP contribution in [-0.4, -0.2) is 11.0 Å². The fraction of sp³-hybridized carbons (Fsp3) is 0.125. The standard InChI is InChI=1S/C16H14N2O2/c17-10-12-4-6-13(7-5-12)11-18-16(20)9-14-2-1-3-15(19)8-14/h1-8,19H,9,11H2,(H,18,20). The summed E-state index contributed by atoms with van der Waals surface area (Å²) in [4.78, 5) is 11.8. The number of phenols is 1. The highest BCUT2D eigenvalue weighted by molar-refractivity contribution is 5.78. The van der Waals surface area contributed by atoms with Crippen molar-refractivity contribution in [2.45, 2.75) is 13.0 Å². The lowest BCUT2D eigenvalue weighted by atomic mass is 10.1. The molecular formula is C16H14N2O2. The SMILES string of the molecule is N#Cc1ccc(CNC(=O)Cc2cccc(O)c2)cc1. The van der Waals surface area contributed by atoms with E-state index in [1.165, 1.54) is 0 Å². The predicted octanol–water partition coefficient (Wildman–Crippen LogP) is 2.12. The number of amides is 1. The van der Waals surface area contributed by atoms with E-state index in [2.05, 4.69) is 5.32 Å². The van der Waals surface area contributed by atoms with Crippen molar-refractivity contribution in [3.63, 3.8) is 0 Å². The first kappa shape index (κ1) is 13.6. The number of aromatic hydroxyl groups is 1. The Bertz CT molecular complexity index is 642. The molecule has 0 spiro atoms. The number of phenolic OH excluding ortho intramolecular Hbond substituents is 1. The molecule has 0 aliphatic heterocycles. The van der Waals surface area contributed by atoms with Crippen LogP contribution in [0.25, 0.3) is 0 Å². The van der Waals surface area contributed by atoms with E-state index in [9.17, 15) is 9.90 Å². The lowest BCUT2D eigenvalue weighted by molar-refractivity contribution is -0.120. The fourth-order valence-corrected chi connectivity index (χ4v) is 1.81. The molecule has 0 radical (unpaired) electrons. The van der Waals surface area contributed by atoms with Gasteiger partial charge in [-0.2, -0.15) is 5.26 Å². The van der Waals surface area contributed by atoms with Gasteiger partial charge in [-0.25, -0.2) is 0 Å². The average molecular weight is 266 g/mol. The third-order valence-electron chi connectivity index (χ3n) is 2.85. The van der Waals surface area contributed by atoms with E-state index >= 15 is 0 Å². The third kappa shape index (κ3) is 3.85. The molecule has 2 aromatic carbocycles. The van der Waals surface area contributed by atoms with Gasteiger partial charge in [-0.15, -0.1) is 0 Å². The van der Waals surface area contributed by atoms with E-state index in [1.54, 1.807) is 36.4 Å². The molecule has 0 aromatic heterocycles. The maximum Gasteiger partial charge on any atom is 0.224 e. The van der Waals surface area contributed by atoms with Crippen LogP contribution in [0.1, 0.15) is 16.7 Å². The van der Waals surface area contributed by atoms with Gasteiger partial charge in [-0.05, 0) is 35.4 Å². The zero-order valence-electron chi connectivity index (χ0n) is 10.8. The van der Waals surface area contributed by atoms with Crippen LogP contribution >= 0.6 is 0 Å². The smallest absolute Gasteiger partial charge is 0.224 e. The molecule has 4 heteroatoms. The van der Waals surface area contributed by atoms with Gasteiger partial charge in [0.1, 0.15) is 5.75 Å². The van der Waals surface area contributed by atoms with Gasteiger partial charge in [-0.1, -0.05) is 24.3 Å². The van der Waals surface area contributed by atoms with Gasteiger partial charge in [0.05, 0.1) is 18.1 Å². The fourth-order valence-electron chi connectivity index (χ4n) is 1.81. The van der Waals surface area contributed by atoms with Crippen LogP contribution < -0.4 is 5.32 Å². The van der Waals surface area contributed by atoms with Gasteiger partial charge in [0, 0.05) is 6.54 Å². The maximum absolute atomic E-state index is 11.8. The number of nitrogens with one attached hydrogen (secondary N) is 1. The maximum atomic E-state index is 11.8. The van der Waals surface area contributed by atoms with Crippen molar-refractivity contribution in [1.82, 2.24) is 5.32 Å². The van der Waals surface area contributed by atoms with E-state index in [1.807, 2.05) is 18.2 Å². The summed E-state index contributed by atoms with van der Waals surface area (Å²) in [5.41, 5.74) is 2.30. The number of nitriles is 1. The Hall–Kier alpha value is -2.80. The molecule has 100 valence electrons. The summed E-state index contributed by atoms with van der Waals surface area (Å²) in [5.74, 6) is 0.0438. The van der Waals surface area contributed by atoms with Crippen LogP contribution in [0.3, 0.4) is 0 Å². The highest BCUT2D eigenvalue weighted by Gasteiger charge is 2.04. The van der Waals surface area contributed by atoms with E-state index < -0.39 is 0 Å². The molecule has 0 saturated carbocycles. The van der Waals surface area contributed by atoms with Gasteiger partial charge in [0.15, 0.2) is 0 Å². The number of carbonyl (C=O) groups excluding carboxylic acids is 1. The van der Waals surface area contributed by atoms with Gasteiger partial charge in [0.25, 0.3) is 0 Å². The largest absolute Gasteiger partial charge is 0.508 e. The van der Waals surface area contributed by atoms with Crippen molar-refractivity contribution in [3.05, 3.63) is 65.2 Å². The van der Waals surface area contributed by atoms with E-state index in [-0.39, 0.29) is 18.1 Å². The normalized spacial score (nSPS) is 9.75. The van der Waals surface area contributed by atoms with Crippen molar-refractivity contribution in [3.8, 4) is 11.8 Å². The summed E-state index contributed by atoms with van der Waals surface area (Å²) in [6.45, 7) is 0.420. The first-order chi connectivity index (χ1) is 9.67. The second-order valence-corrected chi connectivity index (χ2v) is 4.43. The lowest BCUT2D eigenvalue weighted by Gasteiger charge is -2.06. The molecule has 4 nitrogen and oxygen atoms in total. The summed E-state index contributed by atoms with van der Waals surface area (Å²) in [7, 11) is 0. The molecule has 0 fully saturated rings. The molecule has 2 aromatic rings. The predicted molar refractivity (Wildman–Crippen MR) is 74.8 cm³/mol. The van der Waals surface area contributed by atoms with Gasteiger partial charge >= 0.3 is 0 Å². The topological polar surface area (TPSA) is 73.1 Å². The molecule has 20 heavy (non-hydrogen) atoms. The molecule has 0 bridgehead atoms. The third-order valence-corrected chi connectivity index (χ3v) is 2.85. The molecule has 0 atom stereocenters. The van der Waals surface area contributed by atoms with Crippen LogP contribution in [0, 0.1) is 11.3 Å². The average Bonchev–Trinajstić information content (AvgIpc) is 2.46. The number of carbonyl (C=O) groups is 1. The number of hydrogen-bond acceptors (Lipinski definition) is 3. The molecule has 2 N–H and O–H groups in total. The Morgan fingerprint density at radius 1 is 1.15 bits per heavy atom. The van der Waals surface area contributed by atoms with Crippen LogP contribution in [0.15, 0.2) is 48.5 Å². The van der Waals surface area contributed by atoms with Crippen molar-refractivity contribution in [2.75, 3.05) is 0 Å². The highest BCUT2D eigenvalue weighted by atomic mass is 16.3. The zero-order valence-corrected chi connectivity index (χ0v) is 10.8. The van der Waals surface area contributed by atoms with Crippen molar-refractivity contribution >= 4 is 5.91 Å². The van der Waals surface area contributed by atoms with E-state index in [0.29, 0.717) is 12.1 Å². The molecule has 2 rings (SSSR count). The number of hydrogen-bond donors (Lipinski definition) is 2. The van der Waals surface area contributed by atoms with E-state index in [4.69, 9.17) is 5.26 Å². The van der Waals surface area contributed by atoms with E-state index in [0.717, 1.165) is 11.1 Å². The van der Waals surface area contributed by atoms with Gasteiger partial charge in [-0.3, -0.25) is 4.79 Å². The summed E-state index contributed by atoms with van der Waals surface area (Å²) in [5, 5.41) is 20.8. The van der Waals surface area contributed by atoms with Gasteiger partial charge < -0.3 is 10.4 Å². The Labute approximate surface area is 117 Å². The highest BCUT2D eigenvalue weighted by Crippen LogP contribution is 2.11. The second kappa shape index (κ2) is 6.39. The Morgan fingerprint density at radius 3 is 2.55 bits per heavy atom. The minimum absolute atomic E-state index is 0.111. The van der Waals surface area contributed by atoms with Crippen LogP contribution in [-0.2, 0) is 17.8 Å². The number of nitrogens with zero attached hydrogens (tertiary/aromatic N) is 1. The molecular weight excluding hydrogens is 252 g/mol. The summed E-state index contributed by atoms with van der Waals surface area (Å²) in [6, 6.07) is 15.7. The number of benzene rings is 2.